The van der Waals surface area contributed by atoms with E-state index in [0.29, 0.717) is 5.06 Å². The number of hydrogen-bond acceptors (Lipinski definition) is 4. The van der Waals surface area contributed by atoms with Crippen LogP contribution in [-0.2, 0) is 0 Å². The Morgan fingerprint density at radius 2 is 2.55 bits per heavy atom. The minimum atomic E-state index is -0.743. The molecule has 1 aliphatic heterocycles. The van der Waals surface area contributed by atoms with Gasteiger partial charge in [0.1, 0.15) is 17.0 Å². The van der Waals surface area contributed by atoms with Gasteiger partial charge >= 0.3 is 0 Å². The van der Waals surface area contributed by atoms with Crippen molar-refractivity contribution in [1.82, 2.24) is 5.06 Å². The van der Waals surface area contributed by atoms with E-state index in [1.807, 2.05) is 0 Å². The van der Waals surface area contributed by atoms with Crippen molar-refractivity contribution >= 4 is 23.7 Å². The molecular formula is C5H7ClN4O. The fraction of sp³-hybridized carbons (Fsp3) is 0.200. The Bertz CT molecular complexity index is 237. The zero-order valence-corrected chi connectivity index (χ0v) is 6.28. The van der Waals surface area contributed by atoms with Crippen molar-refractivity contribution in [3.05, 3.63) is 11.4 Å². The number of rotatable bonds is 1. The molecule has 11 heavy (non-hydrogen) atoms. The van der Waals surface area contributed by atoms with E-state index in [-0.39, 0.29) is 11.0 Å². The van der Waals surface area contributed by atoms with Gasteiger partial charge in [-0.2, -0.15) is 0 Å². The molecular weight excluding hydrogens is 168 g/mol. The van der Waals surface area contributed by atoms with E-state index in [9.17, 15) is 0 Å². The number of hydrogen-bond donors (Lipinski definition) is 3. The molecule has 0 spiro atoms. The first-order valence-electron chi connectivity index (χ1n) is 2.84. The van der Waals surface area contributed by atoms with Crippen molar-refractivity contribution in [3.8, 4) is 0 Å². The smallest absolute Gasteiger partial charge is 0.149 e. The van der Waals surface area contributed by atoms with Gasteiger partial charge in [0.25, 0.3) is 0 Å². The third kappa shape index (κ3) is 1.50. The van der Waals surface area contributed by atoms with Gasteiger partial charge in [0.05, 0.1) is 6.20 Å². The van der Waals surface area contributed by atoms with Gasteiger partial charge in [0, 0.05) is 6.21 Å². The Morgan fingerprint density at radius 1 is 1.91 bits per heavy atom. The molecule has 0 saturated heterocycles. The largest absolute Gasteiger partial charge is 0.386 e. The molecule has 0 radical (unpaired) electrons. The molecule has 1 rings (SSSR count). The molecule has 1 heterocycles. The second-order valence-corrected chi connectivity index (χ2v) is 2.38. The summed E-state index contributed by atoms with van der Waals surface area (Å²) >= 11 is 5.48. The molecule has 1 atom stereocenters. The zero-order chi connectivity index (χ0) is 8.43. The highest BCUT2D eigenvalue weighted by Gasteiger charge is 2.21. The maximum Gasteiger partial charge on any atom is 0.149 e. The summed E-state index contributed by atoms with van der Waals surface area (Å²) in [5.74, 6) is -0.206. The topological polar surface area (TPSA) is 85.7 Å². The van der Waals surface area contributed by atoms with Gasteiger partial charge in [0.15, 0.2) is 0 Å². The number of nitrogens with one attached hydrogen (secondary N) is 1. The maximum absolute atomic E-state index is 9.13. The number of nitrogens with zero attached hydrogens (tertiary/aromatic N) is 2. The summed E-state index contributed by atoms with van der Waals surface area (Å²) in [5, 5.41) is 16.9. The van der Waals surface area contributed by atoms with Crippen LogP contribution >= 0.6 is 11.6 Å². The molecule has 4 N–H and O–H groups in total. The summed E-state index contributed by atoms with van der Waals surface area (Å²) in [6.45, 7) is 0. The summed E-state index contributed by atoms with van der Waals surface area (Å²) in [6.07, 6.45) is 2.59. The molecule has 0 bridgehead atoms. The first-order chi connectivity index (χ1) is 5.13. The predicted octanol–water partition coefficient (Wildman–Crippen LogP) is 0.104. The van der Waals surface area contributed by atoms with Crippen molar-refractivity contribution in [2.24, 2.45) is 10.7 Å². The van der Waals surface area contributed by atoms with Crippen molar-refractivity contribution in [1.29, 1.82) is 5.41 Å². The Labute approximate surface area is 68.2 Å². The molecule has 0 aromatic rings. The van der Waals surface area contributed by atoms with Crippen LogP contribution in [0.25, 0.3) is 0 Å². The van der Waals surface area contributed by atoms with Gasteiger partial charge in [0.2, 0.25) is 0 Å². The lowest BCUT2D eigenvalue weighted by Gasteiger charge is -2.24. The molecule has 0 aliphatic carbocycles. The van der Waals surface area contributed by atoms with Gasteiger partial charge in [-0.3, -0.25) is 15.6 Å². The Hall–Kier alpha value is -1.07. The molecule has 0 amide bonds. The fourth-order valence-corrected chi connectivity index (χ4v) is 0.815. The third-order valence-electron chi connectivity index (χ3n) is 1.21. The van der Waals surface area contributed by atoms with E-state index in [2.05, 4.69) is 4.99 Å². The van der Waals surface area contributed by atoms with Gasteiger partial charge in [-0.1, -0.05) is 11.6 Å². The Morgan fingerprint density at radius 3 is 3.00 bits per heavy atom. The highest BCUT2D eigenvalue weighted by molar-refractivity contribution is 6.29. The summed E-state index contributed by atoms with van der Waals surface area (Å²) < 4.78 is 0. The Balaban J connectivity index is 2.81. The first kappa shape index (κ1) is 8.03. The van der Waals surface area contributed by atoms with Crippen LogP contribution in [0.3, 0.4) is 0 Å². The number of aliphatic imine (C=N–C) groups is 1. The normalized spacial score (nSPS) is 23.3. The first-order valence-corrected chi connectivity index (χ1v) is 3.21. The quantitative estimate of drug-likeness (QED) is 0.300. The molecule has 5 nitrogen and oxygen atoms in total. The van der Waals surface area contributed by atoms with Crippen LogP contribution in [0.15, 0.2) is 16.3 Å². The van der Waals surface area contributed by atoms with Crippen molar-refractivity contribution in [2.75, 3.05) is 0 Å². The fourth-order valence-electron chi connectivity index (χ4n) is 0.653. The molecule has 0 fully saturated rings. The average molecular weight is 175 g/mol. The van der Waals surface area contributed by atoms with Gasteiger partial charge in [-0.05, 0) is 0 Å². The van der Waals surface area contributed by atoms with Crippen LogP contribution < -0.4 is 5.73 Å². The standard InChI is InChI=1S/C5H7ClN4O/c6-4-2-9-1-3(5(7)8)10(4)11/h1-3,11H,(H3,7,8). The van der Waals surface area contributed by atoms with Crippen molar-refractivity contribution in [2.45, 2.75) is 6.04 Å². The second kappa shape index (κ2) is 2.89. The lowest BCUT2D eigenvalue weighted by Crippen LogP contribution is -2.43. The summed E-state index contributed by atoms with van der Waals surface area (Å²) in [6, 6.07) is -0.743. The zero-order valence-electron chi connectivity index (χ0n) is 5.53. The lowest BCUT2D eigenvalue weighted by atomic mass is 10.3. The highest BCUT2D eigenvalue weighted by Crippen LogP contribution is 2.13. The average Bonchev–Trinajstić information content (AvgIpc) is 1.94. The Kier molecular flexibility index (Phi) is 2.11. The molecule has 60 valence electrons. The van der Waals surface area contributed by atoms with E-state index in [1.54, 1.807) is 0 Å². The number of amidine groups is 1. The molecule has 1 unspecified atom stereocenters. The molecule has 6 heteroatoms. The van der Waals surface area contributed by atoms with Crippen LogP contribution in [0.5, 0.6) is 0 Å². The summed E-state index contributed by atoms with van der Waals surface area (Å²) in [4.78, 5) is 3.67. The van der Waals surface area contributed by atoms with Crippen LogP contribution in [0.2, 0.25) is 0 Å². The molecule has 0 aromatic heterocycles. The van der Waals surface area contributed by atoms with Crippen LogP contribution in [0, 0.1) is 5.41 Å². The minimum absolute atomic E-state index is 0.0488. The van der Waals surface area contributed by atoms with Crippen LogP contribution in [0.1, 0.15) is 0 Å². The number of nitrogens with two attached hydrogens (primary N) is 1. The summed E-state index contributed by atoms with van der Waals surface area (Å²) in [5.41, 5.74) is 5.12. The SMILES string of the molecule is N=C(N)C1C=NC=C(Cl)N1O. The van der Waals surface area contributed by atoms with E-state index >= 15 is 0 Å². The predicted molar refractivity (Wildman–Crippen MR) is 41.8 cm³/mol. The number of hydroxylamine groups is 2. The van der Waals surface area contributed by atoms with E-state index in [4.69, 9.17) is 28.0 Å². The van der Waals surface area contributed by atoms with E-state index in [1.165, 1.54) is 12.4 Å². The van der Waals surface area contributed by atoms with Gasteiger partial charge in [-0.15, -0.1) is 0 Å². The van der Waals surface area contributed by atoms with E-state index < -0.39 is 6.04 Å². The van der Waals surface area contributed by atoms with Crippen LogP contribution in [0.4, 0.5) is 0 Å². The molecule has 1 aliphatic rings. The monoisotopic (exact) mass is 174 g/mol. The minimum Gasteiger partial charge on any atom is -0.386 e. The van der Waals surface area contributed by atoms with E-state index in [0.717, 1.165) is 0 Å². The van der Waals surface area contributed by atoms with Crippen molar-refractivity contribution in [3.63, 3.8) is 0 Å². The van der Waals surface area contributed by atoms with Crippen molar-refractivity contribution < 1.29 is 5.21 Å². The maximum atomic E-state index is 9.13. The summed E-state index contributed by atoms with van der Waals surface area (Å²) in [7, 11) is 0. The van der Waals surface area contributed by atoms with Gasteiger partial charge in [-0.25, -0.2) is 5.06 Å². The van der Waals surface area contributed by atoms with Crippen LogP contribution in [-0.4, -0.2) is 28.4 Å². The second-order valence-electron chi connectivity index (χ2n) is 1.99. The molecule has 0 aromatic carbocycles. The highest BCUT2D eigenvalue weighted by atomic mass is 35.5. The molecule has 0 saturated carbocycles. The van der Waals surface area contributed by atoms with Gasteiger partial charge < -0.3 is 5.73 Å². The lowest BCUT2D eigenvalue weighted by molar-refractivity contribution is -0.0473. The number of halogens is 1. The third-order valence-corrected chi connectivity index (χ3v) is 1.48.